The van der Waals surface area contributed by atoms with E-state index in [0.717, 1.165) is 18.2 Å². The Labute approximate surface area is 99.5 Å². The summed E-state index contributed by atoms with van der Waals surface area (Å²) in [6.45, 7) is 1.34. The summed E-state index contributed by atoms with van der Waals surface area (Å²) in [6, 6.07) is 1.87. The second kappa shape index (κ2) is 3.98. The van der Waals surface area contributed by atoms with E-state index in [2.05, 4.69) is 9.97 Å². The van der Waals surface area contributed by atoms with Gasteiger partial charge in [0.1, 0.15) is 11.6 Å². The molecule has 1 aliphatic heterocycles. The molecule has 1 saturated heterocycles. The topological polar surface area (TPSA) is 66.3 Å². The Morgan fingerprint density at radius 2 is 2.24 bits per heavy atom. The standard InChI is InChI=1S/C12H15N3O2/c16-12(17)9-4-6-15(7-9)10-3-5-13-11(14-10)8-1-2-8/h3,5,8-9H,1-2,4,6-7H2,(H,16,17). The molecule has 1 atom stereocenters. The molecule has 5 nitrogen and oxygen atoms in total. The van der Waals surface area contributed by atoms with Gasteiger partial charge >= 0.3 is 5.97 Å². The average molecular weight is 233 g/mol. The van der Waals surface area contributed by atoms with Crippen LogP contribution in [-0.2, 0) is 4.79 Å². The highest BCUT2D eigenvalue weighted by molar-refractivity contribution is 5.71. The molecule has 1 aromatic rings. The van der Waals surface area contributed by atoms with Crippen LogP contribution in [0.15, 0.2) is 12.3 Å². The molecule has 1 N–H and O–H groups in total. The fraction of sp³-hybridized carbons (Fsp3) is 0.583. The minimum Gasteiger partial charge on any atom is -0.481 e. The van der Waals surface area contributed by atoms with E-state index >= 15 is 0 Å². The maximum atomic E-state index is 10.9. The van der Waals surface area contributed by atoms with Crippen molar-refractivity contribution in [3.63, 3.8) is 0 Å². The Bertz CT molecular complexity index is 445. The maximum Gasteiger partial charge on any atom is 0.308 e. The Morgan fingerprint density at radius 3 is 2.88 bits per heavy atom. The lowest BCUT2D eigenvalue weighted by Gasteiger charge is -2.17. The summed E-state index contributed by atoms with van der Waals surface area (Å²) in [7, 11) is 0. The highest BCUT2D eigenvalue weighted by Crippen LogP contribution is 2.38. The highest BCUT2D eigenvalue weighted by atomic mass is 16.4. The number of aromatic nitrogens is 2. The zero-order valence-corrected chi connectivity index (χ0v) is 9.54. The second-order valence-electron chi connectivity index (χ2n) is 4.82. The molecule has 3 rings (SSSR count). The van der Waals surface area contributed by atoms with Gasteiger partial charge < -0.3 is 10.0 Å². The number of rotatable bonds is 3. The van der Waals surface area contributed by atoms with Crippen molar-refractivity contribution >= 4 is 11.8 Å². The largest absolute Gasteiger partial charge is 0.481 e. The average Bonchev–Trinajstić information content (AvgIpc) is 3.06. The van der Waals surface area contributed by atoms with Crippen LogP contribution in [0.1, 0.15) is 31.0 Å². The van der Waals surface area contributed by atoms with Crippen LogP contribution in [0, 0.1) is 5.92 Å². The molecule has 1 aliphatic carbocycles. The molecule has 1 saturated carbocycles. The van der Waals surface area contributed by atoms with E-state index in [-0.39, 0.29) is 5.92 Å². The van der Waals surface area contributed by atoms with E-state index < -0.39 is 5.97 Å². The minimum absolute atomic E-state index is 0.255. The Hall–Kier alpha value is -1.65. The van der Waals surface area contributed by atoms with Crippen LogP contribution in [0.25, 0.3) is 0 Å². The molecule has 5 heteroatoms. The van der Waals surface area contributed by atoms with E-state index in [1.165, 1.54) is 12.8 Å². The first-order chi connectivity index (χ1) is 8.24. The quantitative estimate of drug-likeness (QED) is 0.851. The van der Waals surface area contributed by atoms with E-state index in [4.69, 9.17) is 5.11 Å². The molecule has 0 aromatic carbocycles. The molecule has 2 fully saturated rings. The van der Waals surface area contributed by atoms with Gasteiger partial charge in [0.05, 0.1) is 5.92 Å². The van der Waals surface area contributed by atoms with Crippen molar-refractivity contribution < 1.29 is 9.90 Å². The van der Waals surface area contributed by atoms with Crippen molar-refractivity contribution in [2.75, 3.05) is 18.0 Å². The van der Waals surface area contributed by atoms with Crippen molar-refractivity contribution in [2.24, 2.45) is 5.92 Å². The lowest BCUT2D eigenvalue weighted by molar-refractivity contribution is -0.140. The molecular weight excluding hydrogens is 218 g/mol. The molecule has 2 heterocycles. The van der Waals surface area contributed by atoms with E-state index in [1.807, 2.05) is 11.0 Å². The molecule has 90 valence electrons. The fourth-order valence-electron chi connectivity index (χ4n) is 2.25. The summed E-state index contributed by atoms with van der Waals surface area (Å²) < 4.78 is 0. The third kappa shape index (κ3) is 2.09. The molecule has 1 unspecified atom stereocenters. The van der Waals surface area contributed by atoms with Gasteiger partial charge in [0.25, 0.3) is 0 Å². The smallest absolute Gasteiger partial charge is 0.308 e. The molecule has 1 aromatic heterocycles. The van der Waals surface area contributed by atoms with Gasteiger partial charge in [0.2, 0.25) is 0 Å². The van der Waals surface area contributed by atoms with Gasteiger partial charge in [-0.15, -0.1) is 0 Å². The summed E-state index contributed by atoms with van der Waals surface area (Å²) in [5.74, 6) is 1.37. The highest BCUT2D eigenvalue weighted by Gasteiger charge is 2.30. The SMILES string of the molecule is O=C(O)C1CCN(c2ccnc(C3CC3)n2)C1. The molecular formula is C12H15N3O2. The van der Waals surface area contributed by atoms with E-state index in [0.29, 0.717) is 18.9 Å². The molecule has 0 spiro atoms. The van der Waals surface area contributed by atoms with Crippen molar-refractivity contribution in [3.05, 3.63) is 18.1 Å². The van der Waals surface area contributed by atoms with Crippen molar-refractivity contribution in [1.29, 1.82) is 0 Å². The normalized spacial score (nSPS) is 24.0. The zero-order chi connectivity index (χ0) is 11.8. The number of carbonyl (C=O) groups is 1. The Balaban J connectivity index is 1.76. The van der Waals surface area contributed by atoms with Crippen LogP contribution >= 0.6 is 0 Å². The number of nitrogens with zero attached hydrogens (tertiary/aromatic N) is 3. The van der Waals surface area contributed by atoms with Crippen molar-refractivity contribution in [1.82, 2.24) is 9.97 Å². The van der Waals surface area contributed by atoms with Crippen LogP contribution in [0.3, 0.4) is 0 Å². The molecule has 0 bridgehead atoms. The Kier molecular flexibility index (Phi) is 2.46. The molecule has 2 aliphatic rings. The number of carboxylic acid groups (broad SMARTS) is 1. The molecule has 17 heavy (non-hydrogen) atoms. The summed E-state index contributed by atoms with van der Waals surface area (Å²) in [5.41, 5.74) is 0. The number of carboxylic acids is 1. The zero-order valence-electron chi connectivity index (χ0n) is 9.54. The van der Waals surface area contributed by atoms with Gasteiger partial charge in [0, 0.05) is 25.2 Å². The number of hydrogen-bond acceptors (Lipinski definition) is 4. The first-order valence-electron chi connectivity index (χ1n) is 6.05. The van der Waals surface area contributed by atoms with Crippen LogP contribution in [-0.4, -0.2) is 34.1 Å². The first kappa shape index (κ1) is 10.5. The van der Waals surface area contributed by atoms with Gasteiger partial charge in [-0.1, -0.05) is 0 Å². The van der Waals surface area contributed by atoms with Crippen LogP contribution in [0.4, 0.5) is 5.82 Å². The lowest BCUT2D eigenvalue weighted by atomic mass is 10.1. The fourth-order valence-corrected chi connectivity index (χ4v) is 2.25. The number of hydrogen-bond donors (Lipinski definition) is 1. The molecule has 0 amide bonds. The van der Waals surface area contributed by atoms with Crippen molar-refractivity contribution in [3.8, 4) is 0 Å². The predicted molar refractivity (Wildman–Crippen MR) is 62.0 cm³/mol. The summed E-state index contributed by atoms with van der Waals surface area (Å²) in [4.78, 5) is 21.8. The maximum absolute atomic E-state index is 10.9. The predicted octanol–water partition coefficient (Wildman–Crippen LogP) is 1.26. The van der Waals surface area contributed by atoms with Gasteiger partial charge in [-0.25, -0.2) is 9.97 Å². The van der Waals surface area contributed by atoms with Crippen LogP contribution < -0.4 is 4.90 Å². The molecule has 0 radical (unpaired) electrons. The number of aliphatic carboxylic acids is 1. The van der Waals surface area contributed by atoms with E-state index in [1.54, 1.807) is 6.20 Å². The van der Waals surface area contributed by atoms with Gasteiger partial charge in [-0.3, -0.25) is 4.79 Å². The third-order valence-corrected chi connectivity index (χ3v) is 3.46. The van der Waals surface area contributed by atoms with E-state index in [9.17, 15) is 4.79 Å². The lowest BCUT2D eigenvalue weighted by Crippen LogP contribution is -2.23. The van der Waals surface area contributed by atoms with Crippen LogP contribution in [0.5, 0.6) is 0 Å². The van der Waals surface area contributed by atoms with Gasteiger partial charge in [0.15, 0.2) is 0 Å². The van der Waals surface area contributed by atoms with Gasteiger partial charge in [-0.2, -0.15) is 0 Å². The van der Waals surface area contributed by atoms with Crippen LogP contribution in [0.2, 0.25) is 0 Å². The van der Waals surface area contributed by atoms with Gasteiger partial charge in [-0.05, 0) is 25.3 Å². The summed E-state index contributed by atoms with van der Waals surface area (Å²) in [5, 5.41) is 8.97. The monoisotopic (exact) mass is 233 g/mol. The minimum atomic E-state index is -0.705. The van der Waals surface area contributed by atoms with Crippen molar-refractivity contribution in [2.45, 2.75) is 25.2 Å². The second-order valence-corrected chi connectivity index (χ2v) is 4.82. The number of anilines is 1. The first-order valence-corrected chi connectivity index (χ1v) is 6.05. The summed E-state index contributed by atoms with van der Waals surface area (Å²) >= 11 is 0. The summed E-state index contributed by atoms with van der Waals surface area (Å²) in [6.07, 6.45) is 4.85. The third-order valence-electron chi connectivity index (χ3n) is 3.46. The Morgan fingerprint density at radius 1 is 1.41 bits per heavy atom.